The summed E-state index contributed by atoms with van der Waals surface area (Å²) < 4.78 is 0. The van der Waals surface area contributed by atoms with E-state index in [1.54, 1.807) is 12.1 Å². The molecule has 1 aliphatic carbocycles. The maximum atomic E-state index is 12.4. The van der Waals surface area contributed by atoms with Crippen molar-refractivity contribution >= 4 is 17.3 Å². The van der Waals surface area contributed by atoms with E-state index in [-0.39, 0.29) is 11.9 Å². The van der Waals surface area contributed by atoms with Gasteiger partial charge in [0.15, 0.2) is 0 Å². The van der Waals surface area contributed by atoms with Crippen molar-refractivity contribution in [3.05, 3.63) is 24.3 Å². The van der Waals surface area contributed by atoms with E-state index in [2.05, 4.69) is 17.1 Å². The Hall–Kier alpha value is -1.55. The van der Waals surface area contributed by atoms with Gasteiger partial charge in [-0.2, -0.15) is 0 Å². The molecule has 1 aliphatic rings. The molecule has 1 unspecified atom stereocenters. The Morgan fingerprint density at radius 2 is 2.05 bits per heavy atom. The molecule has 4 heteroatoms. The number of nitrogens with one attached hydrogen (secondary N) is 1. The number of hydrogen-bond donors (Lipinski definition) is 2. The molecule has 0 bridgehead atoms. The van der Waals surface area contributed by atoms with Gasteiger partial charge in [0.05, 0.1) is 6.04 Å². The van der Waals surface area contributed by atoms with E-state index < -0.39 is 0 Å². The monoisotopic (exact) mass is 275 g/mol. The molecule has 4 nitrogen and oxygen atoms in total. The fourth-order valence-electron chi connectivity index (χ4n) is 2.40. The minimum absolute atomic E-state index is 0.0674. The number of carbonyl (C=O) groups excluding carboxylic acids is 1. The van der Waals surface area contributed by atoms with Crippen molar-refractivity contribution < 1.29 is 4.79 Å². The van der Waals surface area contributed by atoms with Crippen LogP contribution in [0.4, 0.5) is 11.4 Å². The first-order chi connectivity index (χ1) is 9.61. The van der Waals surface area contributed by atoms with Gasteiger partial charge in [-0.15, -0.1) is 0 Å². The number of amides is 1. The normalized spacial score (nSPS) is 16.1. The average molecular weight is 275 g/mol. The number of nitrogen functional groups attached to an aromatic ring is 1. The molecule has 1 aromatic carbocycles. The molecule has 0 aromatic heterocycles. The van der Waals surface area contributed by atoms with Crippen LogP contribution in [-0.4, -0.2) is 29.4 Å². The zero-order valence-corrected chi connectivity index (χ0v) is 12.4. The van der Waals surface area contributed by atoms with E-state index in [1.165, 1.54) is 12.8 Å². The molecule has 3 N–H and O–H groups in total. The Labute approximate surface area is 121 Å². The Balaban J connectivity index is 1.93. The third-order valence-electron chi connectivity index (χ3n) is 3.84. The molecule has 20 heavy (non-hydrogen) atoms. The molecule has 0 radical (unpaired) electrons. The minimum atomic E-state index is -0.0772. The minimum Gasteiger partial charge on any atom is -0.399 e. The SMILES string of the molecule is CCCCN(C1CC1)C(C)C(=O)Nc1ccc(N)cc1. The molecule has 1 atom stereocenters. The summed E-state index contributed by atoms with van der Waals surface area (Å²) in [6.45, 7) is 5.20. The van der Waals surface area contributed by atoms with E-state index in [0.717, 1.165) is 25.1 Å². The van der Waals surface area contributed by atoms with Gasteiger partial charge in [-0.1, -0.05) is 13.3 Å². The van der Waals surface area contributed by atoms with E-state index in [1.807, 2.05) is 19.1 Å². The van der Waals surface area contributed by atoms with Crippen LogP contribution in [0.5, 0.6) is 0 Å². The van der Waals surface area contributed by atoms with Crippen molar-refractivity contribution in [2.45, 2.75) is 51.6 Å². The van der Waals surface area contributed by atoms with Gasteiger partial charge < -0.3 is 11.1 Å². The van der Waals surface area contributed by atoms with Gasteiger partial charge in [0, 0.05) is 17.4 Å². The molecule has 1 fully saturated rings. The molecule has 0 heterocycles. The molecule has 1 amide bonds. The molecule has 0 spiro atoms. The lowest BCUT2D eigenvalue weighted by molar-refractivity contribution is -0.121. The average Bonchev–Trinajstić information content (AvgIpc) is 3.26. The van der Waals surface area contributed by atoms with Crippen molar-refractivity contribution in [3.63, 3.8) is 0 Å². The van der Waals surface area contributed by atoms with Crippen molar-refractivity contribution in [3.8, 4) is 0 Å². The first-order valence-corrected chi connectivity index (χ1v) is 7.54. The van der Waals surface area contributed by atoms with Gasteiger partial charge in [0.1, 0.15) is 0 Å². The molecule has 0 aliphatic heterocycles. The van der Waals surface area contributed by atoms with Crippen LogP contribution in [0.25, 0.3) is 0 Å². The molecule has 1 aromatic rings. The highest BCUT2D eigenvalue weighted by molar-refractivity contribution is 5.94. The molecular formula is C16H25N3O. The number of unbranched alkanes of at least 4 members (excludes halogenated alkanes) is 1. The Bertz CT molecular complexity index is 440. The van der Waals surface area contributed by atoms with Crippen molar-refractivity contribution in [1.82, 2.24) is 4.90 Å². The van der Waals surface area contributed by atoms with Crippen LogP contribution in [0, 0.1) is 0 Å². The lowest BCUT2D eigenvalue weighted by Crippen LogP contribution is -2.43. The highest BCUT2D eigenvalue weighted by Gasteiger charge is 2.34. The number of nitrogens with zero attached hydrogens (tertiary/aromatic N) is 1. The van der Waals surface area contributed by atoms with E-state index in [0.29, 0.717) is 11.7 Å². The topological polar surface area (TPSA) is 58.4 Å². The van der Waals surface area contributed by atoms with Gasteiger partial charge in [0.25, 0.3) is 0 Å². The summed E-state index contributed by atoms with van der Waals surface area (Å²) in [7, 11) is 0. The fourth-order valence-corrected chi connectivity index (χ4v) is 2.40. The number of anilines is 2. The van der Waals surface area contributed by atoms with Crippen molar-refractivity contribution in [2.75, 3.05) is 17.6 Å². The summed E-state index contributed by atoms with van der Waals surface area (Å²) in [5, 5.41) is 2.97. The van der Waals surface area contributed by atoms with Gasteiger partial charge >= 0.3 is 0 Å². The van der Waals surface area contributed by atoms with Gasteiger partial charge in [-0.05, 0) is 57.0 Å². The zero-order chi connectivity index (χ0) is 14.5. The van der Waals surface area contributed by atoms with Crippen LogP contribution in [0.15, 0.2) is 24.3 Å². The second-order valence-electron chi connectivity index (χ2n) is 5.61. The van der Waals surface area contributed by atoms with Crippen molar-refractivity contribution in [2.24, 2.45) is 0 Å². The third-order valence-corrected chi connectivity index (χ3v) is 3.84. The molecule has 110 valence electrons. The summed E-state index contributed by atoms with van der Waals surface area (Å²) in [5.74, 6) is 0.0674. The first-order valence-electron chi connectivity index (χ1n) is 7.54. The summed E-state index contributed by atoms with van der Waals surface area (Å²) in [5.41, 5.74) is 7.16. The Morgan fingerprint density at radius 1 is 1.40 bits per heavy atom. The lowest BCUT2D eigenvalue weighted by Gasteiger charge is -2.28. The third kappa shape index (κ3) is 3.97. The standard InChI is InChI=1S/C16H25N3O/c1-3-4-11-19(15-9-10-15)12(2)16(20)18-14-7-5-13(17)6-8-14/h5-8,12,15H,3-4,9-11,17H2,1-2H3,(H,18,20). The second-order valence-corrected chi connectivity index (χ2v) is 5.61. The second kappa shape index (κ2) is 6.75. The summed E-state index contributed by atoms with van der Waals surface area (Å²) in [4.78, 5) is 14.7. The van der Waals surface area contributed by atoms with Gasteiger partial charge in [0.2, 0.25) is 5.91 Å². The number of carbonyl (C=O) groups is 1. The van der Waals surface area contributed by atoms with Crippen LogP contribution in [0.2, 0.25) is 0 Å². The van der Waals surface area contributed by atoms with Crippen molar-refractivity contribution in [1.29, 1.82) is 0 Å². The molecule has 2 rings (SSSR count). The van der Waals surface area contributed by atoms with Gasteiger partial charge in [-0.3, -0.25) is 9.69 Å². The maximum Gasteiger partial charge on any atom is 0.241 e. The highest BCUT2D eigenvalue weighted by Crippen LogP contribution is 2.29. The quantitative estimate of drug-likeness (QED) is 0.752. The number of nitrogens with two attached hydrogens (primary N) is 1. The van der Waals surface area contributed by atoms with E-state index >= 15 is 0 Å². The van der Waals surface area contributed by atoms with Crippen LogP contribution in [0.3, 0.4) is 0 Å². The molecular weight excluding hydrogens is 250 g/mol. The van der Waals surface area contributed by atoms with Crippen LogP contribution in [-0.2, 0) is 4.79 Å². The Kier molecular flexibility index (Phi) is 5.01. The fraction of sp³-hybridized carbons (Fsp3) is 0.562. The predicted molar refractivity (Wildman–Crippen MR) is 83.6 cm³/mol. The molecule has 0 saturated heterocycles. The summed E-state index contributed by atoms with van der Waals surface area (Å²) in [6, 6.07) is 7.81. The maximum absolute atomic E-state index is 12.4. The van der Waals surface area contributed by atoms with Crippen LogP contribution >= 0.6 is 0 Å². The first kappa shape index (κ1) is 14.9. The highest BCUT2D eigenvalue weighted by atomic mass is 16.2. The smallest absolute Gasteiger partial charge is 0.241 e. The largest absolute Gasteiger partial charge is 0.399 e. The zero-order valence-electron chi connectivity index (χ0n) is 12.4. The summed E-state index contributed by atoms with van der Waals surface area (Å²) >= 11 is 0. The van der Waals surface area contributed by atoms with Crippen LogP contribution in [0.1, 0.15) is 39.5 Å². The predicted octanol–water partition coefficient (Wildman–Crippen LogP) is 2.86. The lowest BCUT2D eigenvalue weighted by atomic mass is 10.2. The number of rotatable bonds is 7. The molecule has 1 saturated carbocycles. The number of hydrogen-bond acceptors (Lipinski definition) is 3. The number of benzene rings is 1. The van der Waals surface area contributed by atoms with E-state index in [9.17, 15) is 4.79 Å². The Morgan fingerprint density at radius 3 is 2.60 bits per heavy atom. The summed E-state index contributed by atoms with van der Waals surface area (Å²) in [6.07, 6.45) is 4.76. The van der Waals surface area contributed by atoms with Gasteiger partial charge in [-0.25, -0.2) is 0 Å². The van der Waals surface area contributed by atoms with Crippen LogP contribution < -0.4 is 11.1 Å². The van der Waals surface area contributed by atoms with E-state index in [4.69, 9.17) is 5.73 Å².